The van der Waals surface area contributed by atoms with E-state index in [4.69, 9.17) is 14.2 Å². The standard InChI is InChI=1S/C22H20N2O7S2/c25-32(26,18-5-7-20-15(13-18)9-10-29-20)23-16-1-3-17(4-2-16)24-33(27,28)19-6-8-21-22(14-19)31-12-11-30-21/h1-8,13-14,23-24H,9-12H2. The summed E-state index contributed by atoms with van der Waals surface area (Å²) < 4.78 is 72.2. The third kappa shape index (κ3) is 4.41. The number of rotatable bonds is 6. The SMILES string of the molecule is O=S(=O)(Nc1ccc(NS(=O)(=O)c2ccc3c(c2)OCCO3)cc1)c1ccc2c(c1)CCO2. The smallest absolute Gasteiger partial charge is 0.262 e. The summed E-state index contributed by atoms with van der Waals surface area (Å²) in [5.74, 6) is 1.56. The molecular weight excluding hydrogens is 468 g/mol. The molecule has 2 N–H and O–H groups in total. The Kier molecular flexibility index (Phi) is 5.29. The molecule has 0 saturated heterocycles. The van der Waals surface area contributed by atoms with E-state index in [2.05, 4.69) is 9.44 Å². The van der Waals surface area contributed by atoms with Crippen LogP contribution < -0.4 is 23.7 Å². The van der Waals surface area contributed by atoms with Crippen LogP contribution in [0, 0.1) is 0 Å². The summed E-state index contributed by atoms with van der Waals surface area (Å²) in [5, 5.41) is 0. The van der Waals surface area contributed by atoms with Gasteiger partial charge < -0.3 is 14.2 Å². The molecular formula is C22H20N2O7S2. The molecule has 0 amide bonds. The van der Waals surface area contributed by atoms with Crippen molar-refractivity contribution in [3.63, 3.8) is 0 Å². The van der Waals surface area contributed by atoms with Crippen molar-refractivity contribution in [1.29, 1.82) is 0 Å². The lowest BCUT2D eigenvalue weighted by Gasteiger charge is -2.19. The number of hydrogen-bond donors (Lipinski definition) is 2. The van der Waals surface area contributed by atoms with Gasteiger partial charge in [-0.05, 0) is 60.2 Å². The fourth-order valence-corrected chi connectivity index (χ4v) is 5.74. The zero-order valence-corrected chi connectivity index (χ0v) is 18.9. The van der Waals surface area contributed by atoms with Crippen molar-refractivity contribution in [2.24, 2.45) is 0 Å². The highest BCUT2D eigenvalue weighted by Crippen LogP contribution is 2.33. The first-order valence-electron chi connectivity index (χ1n) is 10.1. The van der Waals surface area contributed by atoms with Gasteiger partial charge in [-0.15, -0.1) is 0 Å². The zero-order valence-electron chi connectivity index (χ0n) is 17.3. The van der Waals surface area contributed by atoms with Crippen LogP contribution in [0.5, 0.6) is 17.2 Å². The maximum atomic E-state index is 12.7. The lowest BCUT2D eigenvalue weighted by molar-refractivity contribution is 0.171. The molecule has 0 saturated carbocycles. The van der Waals surface area contributed by atoms with Crippen molar-refractivity contribution in [2.75, 3.05) is 29.3 Å². The van der Waals surface area contributed by atoms with Gasteiger partial charge in [0.25, 0.3) is 20.0 Å². The normalized spacial score (nSPS) is 14.8. The van der Waals surface area contributed by atoms with E-state index in [1.165, 1.54) is 42.5 Å². The monoisotopic (exact) mass is 488 g/mol. The van der Waals surface area contributed by atoms with Crippen LogP contribution >= 0.6 is 0 Å². The van der Waals surface area contributed by atoms with Gasteiger partial charge in [0.05, 0.1) is 16.4 Å². The quantitative estimate of drug-likeness (QED) is 0.547. The molecule has 0 atom stereocenters. The second-order valence-corrected chi connectivity index (χ2v) is 10.8. The summed E-state index contributed by atoms with van der Waals surface area (Å²) in [6, 6.07) is 15.0. The van der Waals surface area contributed by atoms with E-state index in [1.54, 1.807) is 18.2 Å². The minimum absolute atomic E-state index is 0.0251. The first kappa shape index (κ1) is 21.4. The van der Waals surface area contributed by atoms with Crippen molar-refractivity contribution >= 4 is 31.4 Å². The summed E-state index contributed by atoms with van der Waals surface area (Å²) in [6.07, 6.45) is 0.664. The van der Waals surface area contributed by atoms with Crippen LogP contribution in [0.4, 0.5) is 11.4 Å². The molecule has 0 bridgehead atoms. The Morgan fingerprint density at radius 3 is 1.73 bits per heavy atom. The van der Waals surface area contributed by atoms with Gasteiger partial charge in [-0.2, -0.15) is 0 Å². The van der Waals surface area contributed by atoms with Crippen LogP contribution in [0.3, 0.4) is 0 Å². The van der Waals surface area contributed by atoms with Gasteiger partial charge in [0.2, 0.25) is 0 Å². The van der Waals surface area contributed by atoms with Crippen molar-refractivity contribution in [3.8, 4) is 17.2 Å². The molecule has 172 valence electrons. The molecule has 0 radical (unpaired) electrons. The Morgan fingerprint density at radius 2 is 1.09 bits per heavy atom. The van der Waals surface area contributed by atoms with E-state index in [-0.39, 0.29) is 15.5 Å². The summed E-state index contributed by atoms with van der Waals surface area (Å²) in [6.45, 7) is 1.30. The second-order valence-electron chi connectivity index (χ2n) is 7.46. The number of hydrogen-bond acceptors (Lipinski definition) is 7. The Balaban J connectivity index is 1.30. The Labute approximate surface area is 191 Å². The average Bonchev–Trinajstić information content (AvgIpc) is 3.28. The number of ether oxygens (including phenoxy) is 3. The molecule has 3 aromatic carbocycles. The van der Waals surface area contributed by atoms with Crippen LogP contribution in [-0.2, 0) is 26.5 Å². The van der Waals surface area contributed by atoms with Gasteiger partial charge in [0.1, 0.15) is 19.0 Å². The molecule has 0 aliphatic carbocycles. The highest BCUT2D eigenvalue weighted by Gasteiger charge is 2.21. The lowest BCUT2D eigenvalue weighted by atomic mass is 10.2. The van der Waals surface area contributed by atoms with E-state index >= 15 is 0 Å². The lowest BCUT2D eigenvalue weighted by Crippen LogP contribution is -2.17. The molecule has 0 spiro atoms. The molecule has 0 unspecified atom stereocenters. The highest BCUT2D eigenvalue weighted by atomic mass is 32.2. The molecule has 5 rings (SSSR count). The van der Waals surface area contributed by atoms with Gasteiger partial charge in [-0.3, -0.25) is 9.44 Å². The second kappa shape index (κ2) is 8.16. The van der Waals surface area contributed by atoms with Crippen molar-refractivity contribution < 1.29 is 31.0 Å². The van der Waals surface area contributed by atoms with E-state index in [1.807, 2.05) is 0 Å². The summed E-state index contributed by atoms with van der Waals surface area (Å²) in [5.41, 5.74) is 1.43. The van der Waals surface area contributed by atoms with Crippen molar-refractivity contribution in [1.82, 2.24) is 0 Å². The largest absolute Gasteiger partial charge is 0.493 e. The first-order chi connectivity index (χ1) is 15.8. The predicted octanol–water partition coefficient (Wildman–Crippen LogP) is 2.99. The van der Waals surface area contributed by atoms with E-state index in [9.17, 15) is 16.8 Å². The van der Waals surface area contributed by atoms with Crippen molar-refractivity contribution in [2.45, 2.75) is 16.2 Å². The number of fused-ring (bicyclic) bond motifs is 2. The Morgan fingerprint density at radius 1 is 0.576 bits per heavy atom. The van der Waals surface area contributed by atoms with Crippen LogP contribution in [0.15, 0.2) is 70.5 Å². The van der Waals surface area contributed by atoms with E-state index in [0.29, 0.717) is 49.2 Å². The van der Waals surface area contributed by atoms with Crippen LogP contribution in [0.2, 0.25) is 0 Å². The third-order valence-corrected chi connectivity index (χ3v) is 7.94. The average molecular weight is 489 g/mol. The molecule has 2 aliphatic heterocycles. The highest BCUT2D eigenvalue weighted by molar-refractivity contribution is 7.93. The maximum absolute atomic E-state index is 12.7. The molecule has 2 heterocycles. The fraction of sp³-hybridized carbons (Fsp3) is 0.182. The van der Waals surface area contributed by atoms with Gasteiger partial charge in [-0.25, -0.2) is 16.8 Å². The maximum Gasteiger partial charge on any atom is 0.262 e. The molecule has 2 aliphatic rings. The fourth-order valence-electron chi connectivity index (χ4n) is 3.56. The van der Waals surface area contributed by atoms with Gasteiger partial charge in [0.15, 0.2) is 11.5 Å². The van der Waals surface area contributed by atoms with Gasteiger partial charge in [-0.1, -0.05) is 0 Å². The van der Waals surface area contributed by atoms with Crippen LogP contribution in [0.1, 0.15) is 5.56 Å². The third-order valence-electron chi connectivity index (χ3n) is 5.18. The Bertz CT molecular complexity index is 1420. The van der Waals surface area contributed by atoms with Gasteiger partial charge >= 0.3 is 0 Å². The molecule has 3 aromatic rings. The van der Waals surface area contributed by atoms with Gasteiger partial charge in [0, 0.05) is 23.9 Å². The molecule has 9 nitrogen and oxygen atoms in total. The number of nitrogens with one attached hydrogen (secondary N) is 2. The predicted molar refractivity (Wildman–Crippen MR) is 121 cm³/mol. The molecule has 0 fully saturated rings. The summed E-state index contributed by atoms with van der Waals surface area (Å²) in [7, 11) is -7.68. The van der Waals surface area contributed by atoms with Crippen molar-refractivity contribution in [3.05, 3.63) is 66.2 Å². The van der Waals surface area contributed by atoms with E-state index in [0.717, 1.165) is 5.56 Å². The summed E-state index contributed by atoms with van der Waals surface area (Å²) >= 11 is 0. The molecule has 0 aromatic heterocycles. The van der Waals surface area contributed by atoms with Crippen LogP contribution in [-0.4, -0.2) is 36.7 Å². The summed E-state index contributed by atoms with van der Waals surface area (Å²) in [4.78, 5) is 0.159. The Hall–Kier alpha value is -3.44. The first-order valence-corrected chi connectivity index (χ1v) is 13.1. The zero-order chi connectivity index (χ0) is 23.1. The molecule has 11 heteroatoms. The molecule has 33 heavy (non-hydrogen) atoms. The minimum Gasteiger partial charge on any atom is -0.493 e. The topological polar surface area (TPSA) is 120 Å². The number of benzene rings is 3. The number of anilines is 2. The van der Waals surface area contributed by atoms with Crippen LogP contribution in [0.25, 0.3) is 0 Å². The van der Waals surface area contributed by atoms with E-state index < -0.39 is 20.0 Å². The minimum atomic E-state index is -3.88. The number of sulfonamides is 2.